The van der Waals surface area contributed by atoms with Crippen LogP contribution in [0.3, 0.4) is 0 Å². The fourth-order valence-corrected chi connectivity index (χ4v) is 1.34. The van der Waals surface area contributed by atoms with E-state index in [1.54, 1.807) is 12.1 Å². The number of ether oxygens (including phenoxy) is 2. The minimum atomic E-state index is -0.517. The molecule has 0 radical (unpaired) electrons. The number of Topliss-reactive ketones (excluding diaryl/α,β-unsaturated/α-hetero) is 1. The number of carbonyl (C=O) groups excluding carboxylic acids is 1. The standard InChI is InChI=1S/C14H19FO3/c1-14(2,3)18-9-8-17-10-13(16)11-6-4-5-7-12(11)15/h4-7H,8-10H2,1-3H3. The third-order valence-electron chi connectivity index (χ3n) is 2.17. The summed E-state index contributed by atoms with van der Waals surface area (Å²) in [7, 11) is 0. The highest BCUT2D eigenvalue weighted by molar-refractivity contribution is 5.97. The molecule has 3 nitrogen and oxygen atoms in total. The molecule has 0 aliphatic heterocycles. The zero-order chi connectivity index (χ0) is 13.6. The minimum Gasteiger partial charge on any atom is -0.373 e. The van der Waals surface area contributed by atoms with E-state index in [1.807, 2.05) is 20.8 Å². The van der Waals surface area contributed by atoms with Crippen LogP contribution in [-0.2, 0) is 9.47 Å². The molecule has 0 fully saturated rings. The summed E-state index contributed by atoms with van der Waals surface area (Å²) < 4.78 is 23.9. The van der Waals surface area contributed by atoms with Crippen molar-refractivity contribution in [3.63, 3.8) is 0 Å². The molecule has 0 saturated heterocycles. The lowest BCUT2D eigenvalue weighted by atomic mass is 10.1. The van der Waals surface area contributed by atoms with Crippen molar-refractivity contribution in [2.75, 3.05) is 19.8 Å². The maximum atomic E-state index is 13.3. The number of benzene rings is 1. The van der Waals surface area contributed by atoms with E-state index in [4.69, 9.17) is 9.47 Å². The largest absolute Gasteiger partial charge is 0.373 e. The van der Waals surface area contributed by atoms with Gasteiger partial charge < -0.3 is 9.47 Å². The molecule has 0 aromatic heterocycles. The van der Waals surface area contributed by atoms with E-state index in [9.17, 15) is 9.18 Å². The highest BCUT2D eigenvalue weighted by atomic mass is 19.1. The van der Waals surface area contributed by atoms with Crippen LogP contribution in [0.15, 0.2) is 24.3 Å². The van der Waals surface area contributed by atoms with Gasteiger partial charge in [-0.25, -0.2) is 4.39 Å². The summed E-state index contributed by atoms with van der Waals surface area (Å²) in [6, 6.07) is 5.88. The zero-order valence-electron chi connectivity index (χ0n) is 11.0. The van der Waals surface area contributed by atoms with Gasteiger partial charge in [-0.2, -0.15) is 0 Å². The molecule has 100 valence electrons. The first-order valence-corrected chi connectivity index (χ1v) is 5.89. The molecule has 0 atom stereocenters. The average molecular weight is 254 g/mol. The van der Waals surface area contributed by atoms with Crippen molar-refractivity contribution in [2.24, 2.45) is 0 Å². The van der Waals surface area contributed by atoms with Gasteiger partial charge in [0.15, 0.2) is 5.78 Å². The first-order chi connectivity index (χ1) is 8.40. The van der Waals surface area contributed by atoms with Crippen LogP contribution >= 0.6 is 0 Å². The Morgan fingerprint density at radius 3 is 2.50 bits per heavy atom. The van der Waals surface area contributed by atoms with Crippen molar-refractivity contribution in [3.05, 3.63) is 35.6 Å². The zero-order valence-corrected chi connectivity index (χ0v) is 11.0. The molecule has 0 bridgehead atoms. The number of hydrogen-bond acceptors (Lipinski definition) is 3. The smallest absolute Gasteiger partial charge is 0.191 e. The molecule has 0 aliphatic carbocycles. The van der Waals surface area contributed by atoms with Crippen LogP contribution in [0, 0.1) is 5.82 Å². The third kappa shape index (κ3) is 5.38. The van der Waals surface area contributed by atoms with Crippen LogP contribution in [0.4, 0.5) is 4.39 Å². The van der Waals surface area contributed by atoms with Gasteiger partial charge in [-0.3, -0.25) is 4.79 Å². The van der Waals surface area contributed by atoms with Crippen molar-refractivity contribution < 1.29 is 18.7 Å². The molecule has 0 spiro atoms. The Labute approximate surface area is 107 Å². The highest BCUT2D eigenvalue weighted by Crippen LogP contribution is 2.08. The van der Waals surface area contributed by atoms with E-state index in [2.05, 4.69) is 0 Å². The third-order valence-corrected chi connectivity index (χ3v) is 2.17. The Balaban J connectivity index is 2.28. The first-order valence-electron chi connectivity index (χ1n) is 5.89. The van der Waals surface area contributed by atoms with E-state index in [1.165, 1.54) is 12.1 Å². The Kier molecular flexibility index (Phi) is 5.44. The van der Waals surface area contributed by atoms with Crippen molar-refractivity contribution in [3.8, 4) is 0 Å². The number of ketones is 1. The number of carbonyl (C=O) groups is 1. The van der Waals surface area contributed by atoms with E-state index >= 15 is 0 Å². The van der Waals surface area contributed by atoms with E-state index in [0.29, 0.717) is 13.2 Å². The summed E-state index contributed by atoms with van der Waals surface area (Å²) in [4.78, 5) is 11.6. The minimum absolute atomic E-state index is 0.0641. The number of hydrogen-bond donors (Lipinski definition) is 0. The Morgan fingerprint density at radius 1 is 1.22 bits per heavy atom. The summed E-state index contributed by atoms with van der Waals surface area (Å²) in [5.74, 6) is -0.874. The van der Waals surface area contributed by atoms with Crippen molar-refractivity contribution in [1.82, 2.24) is 0 Å². The molecule has 0 amide bonds. The SMILES string of the molecule is CC(C)(C)OCCOCC(=O)c1ccccc1F. The van der Waals surface area contributed by atoms with Gasteiger partial charge >= 0.3 is 0 Å². The summed E-state index contributed by atoms with van der Waals surface area (Å²) >= 11 is 0. The van der Waals surface area contributed by atoms with Crippen LogP contribution in [0.1, 0.15) is 31.1 Å². The topological polar surface area (TPSA) is 35.5 Å². The van der Waals surface area contributed by atoms with Crippen molar-refractivity contribution in [1.29, 1.82) is 0 Å². The predicted molar refractivity (Wildman–Crippen MR) is 67.3 cm³/mol. The molecular weight excluding hydrogens is 235 g/mol. The molecular formula is C14H19FO3. The second kappa shape index (κ2) is 6.61. The molecule has 0 unspecified atom stereocenters. The van der Waals surface area contributed by atoms with Crippen LogP contribution < -0.4 is 0 Å². The first kappa shape index (κ1) is 14.8. The molecule has 18 heavy (non-hydrogen) atoms. The number of rotatable bonds is 6. The lowest BCUT2D eigenvalue weighted by Crippen LogP contribution is -2.22. The predicted octanol–water partition coefficient (Wildman–Crippen LogP) is 2.84. The quantitative estimate of drug-likeness (QED) is 0.578. The van der Waals surface area contributed by atoms with Gasteiger partial charge in [-0.05, 0) is 32.9 Å². The fraction of sp³-hybridized carbons (Fsp3) is 0.500. The van der Waals surface area contributed by atoms with E-state index in [-0.39, 0.29) is 23.6 Å². The van der Waals surface area contributed by atoms with Crippen LogP contribution in [0.5, 0.6) is 0 Å². The molecule has 1 rings (SSSR count). The number of halogens is 1. The monoisotopic (exact) mass is 254 g/mol. The second-order valence-corrected chi connectivity index (χ2v) is 4.92. The highest BCUT2D eigenvalue weighted by Gasteiger charge is 2.12. The average Bonchev–Trinajstić information content (AvgIpc) is 2.27. The lowest BCUT2D eigenvalue weighted by molar-refractivity contribution is -0.0324. The summed E-state index contributed by atoms with van der Waals surface area (Å²) in [5, 5.41) is 0. The van der Waals surface area contributed by atoms with Crippen molar-refractivity contribution >= 4 is 5.78 Å². The lowest BCUT2D eigenvalue weighted by Gasteiger charge is -2.19. The van der Waals surface area contributed by atoms with Gasteiger partial charge in [-0.1, -0.05) is 12.1 Å². The fourth-order valence-electron chi connectivity index (χ4n) is 1.34. The summed E-state index contributed by atoms with van der Waals surface area (Å²) in [6.45, 7) is 6.42. The Morgan fingerprint density at radius 2 is 1.89 bits per heavy atom. The van der Waals surface area contributed by atoms with Gasteiger partial charge in [0.05, 0.1) is 24.4 Å². The molecule has 1 aromatic carbocycles. The second-order valence-electron chi connectivity index (χ2n) is 4.92. The molecule has 0 saturated carbocycles. The van der Waals surface area contributed by atoms with E-state index < -0.39 is 5.82 Å². The van der Waals surface area contributed by atoms with E-state index in [0.717, 1.165) is 0 Å². The van der Waals surface area contributed by atoms with Gasteiger partial charge in [-0.15, -0.1) is 0 Å². The van der Waals surface area contributed by atoms with Crippen LogP contribution in [0.25, 0.3) is 0 Å². The Bertz CT molecular complexity index is 396. The summed E-state index contributed by atoms with van der Waals surface area (Å²) in [6.07, 6.45) is 0. The maximum absolute atomic E-state index is 13.3. The molecule has 0 N–H and O–H groups in total. The molecule has 0 aliphatic rings. The van der Waals surface area contributed by atoms with Gasteiger partial charge in [0, 0.05) is 0 Å². The van der Waals surface area contributed by atoms with Crippen molar-refractivity contribution in [2.45, 2.75) is 26.4 Å². The van der Waals surface area contributed by atoms with Gasteiger partial charge in [0.25, 0.3) is 0 Å². The maximum Gasteiger partial charge on any atom is 0.191 e. The normalized spacial score (nSPS) is 11.6. The van der Waals surface area contributed by atoms with Crippen LogP contribution in [-0.4, -0.2) is 31.2 Å². The van der Waals surface area contributed by atoms with Gasteiger partial charge in [0.2, 0.25) is 0 Å². The molecule has 0 heterocycles. The van der Waals surface area contributed by atoms with Gasteiger partial charge in [0.1, 0.15) is 12.4 Å². The molecule has 4 heteroatoms. The summed E-state index contributed by atoms with van der Waals surface area (Å²) in [5.41, 5.74) is -0.159. The van der Waals surface area contributed by atoms with Crippen LogP contribution in [0.2, 0.25) is 0 Å². The Hall–Kier alpha value is -1.26. The molecule has 1 aromatic rings.